The maximum atomic E-state index is 13.0. The molecule has 0 aliphatic carbocycles. The quantitative estimate of drug-likeness (QED) is 0.861. The molecule has 1 rings (SSSR count). The summed E-state index contributed by atoms with van der Waals surface area (Å²) < 4.78 is 18.3. The second-order valence-electron chi connectivity index (χ2n) is 4.35. The average Bonchev–Trinajstić information content (AvgIpc) is 2.16. The SMILES string of the molecule is COC(C)(C)CNCc1cc(F)cc(Cl)c1. The van der Waals surface area contributed by atoms with Crippen molar-refractivity contribution in [1.29, 1.82) is 0 Å². The third kappa shape index (κ3) is 4.47. The molecule has 1 aromatic carbocycles. The number of rotatable bonds is 5. The smallest absolute Gasteiger partial charge is 0.125 e. The van der Waals surface area contributed by atoms with Crippen LogP contribution in [0.1, 0.15) is 19.4 Å². The molecule has 4 heteroatoms. The van der Waals surface area contributed by atoms with Crippen LogP contribution < -0.4 is 5.32 Å². The summed E-state index contributed by atoms with van der Waals surface area (Å²) in [7, 11) is 1.67. The van der Waals surface area contributed by atoms with Gasteiger partial charge >= 0.3 is 0 Å². The lowest BCUT2D eigenvalue weighted by Gasteiger charge is -2.23. The molecule has 0 fully saturated rings. The highest BCUT2D eigenvalue weighted by atomic mass is 35.5. The maximum absolute atomic E-state index is 13.0. The van der Waals surface area contributed by atoms with E-state index in [0.29, 0.717) is 18.1 Å². The topological polar surface area (TPSA) is 21.3 Å². The molecule has 0 saturated heterocycles. The molecule has 0 aromatic heterocycles. The van der Waals surface area contributed by atoms with Crippen molar-refractivity contribution in [3.8, 4) is 0 Å². The Hall–Kier alpha value is -0.640. The summed E-state index contributed by atoms with van der Waals surface area (Å²) in [6.07, 6.45) is 0. The highest BCUT2D eigenvalue weighted by Crippen LogP contribution is 2.14. The summed E-state index contributed by atoms with van der Waals surface area (Å²) in [6.45, 7) is 5.24. The van der Waals surface area contributed by atoms with Crippen LogP contribution in [0.15, 0.2) is 18.2 Å². The van der Waals surface area contributed by atoms with Gasteiger partial charge in [-0.1, -0.05) is 11.6 Å². The van der Waals surface area contributed by atoms with Crippen molar-refractivity contribution in [3.63, 3.8) is 0 Å². The van der Waals surface area contributed by atoms with Gasteiger partial charge in [0, 0.05) is 25.2 Å². The maximum Gasteiger partial charge on any atom is 0.125 e. The first-order chi connectivity index (χ1) is 7.43. The van der Waals surface area contributed by atoms with Crippen LogP contribution in [-0.2, 0) is 11.3 Å². The molecule has 0 unspecified atom stereocenters. The van der Waals surface area contributed by atoms with Crippen LogP contribution in [0.25, 0.3) is 0 Å². The zero-order chi connectivity index (χ0) is 12.2. The van der Waals surface area contributed by atoms with Crippen LogP contribution in [0, 0.1) is 5.82 Å². The first-order valence-electron chi connectivity index (χ1n) is 5.14. The molecular formula is C12H17ClFNO. The molecule has 0 aliphatic rings. The predicted molar refractivity (Wildman–Crippen MR) is 64.2 cm³/mol. The van der Waals surface area contributed by atoms with Crippen LogP contribution in [0.4, 0.5) is 4.39 Å². The minimum absolute atomic E-state index is 0.225. The Morgan fingerprint density at radius 2 is 2.06 bits per heavy atom. The summed E-state index contributed by atoms with van der Waals surface area (Å²) in [5.41, 5.74) is 0.605. The van der Waals surface area contributed by atoms with Gasteiger partial charge in [-0.15, -0.1) is 0 Å². The average molecular weight is 246 g/mol. The molecule has 1 aromatic rings. The van der Waals surface area contributed by atoms with Crippen LogP contribution in [0.5, 0.6) is 0 Å². The Kier molecular flexibility index (Phi) is 4.71. The monoisotopic (exact) mass is 245 g/mol. The number of benzene rings is 1. The Morgan fingerprint density at radius 1 is 1.38 bits per heavy atom. The van der Waals surface area contributed by atoms with Crippen molar-refractivity contribution in [1.82, 2.24) is 5.32 Å². The van der Waals surface area contributed by atoms with Crippen molar-refractivity contribution < 1.29 is 9.13 Å². The van der Waals surface area contributed by atoms with Gasteiger partial charge in [0.05, 0.1) is 5.60 Å². The van der Waals surface area contributed by atoms with E-state index in [2.05, 4.69) is 5.32 Å². The van der Waals surface area contributed by atoms with Gasteiger partial charge in [0.2, 0.25) is 0 Å². The van der Waals surface area contributed by atoms with Crippen LogP contribution >= 0.6 is 11.6 Å². The van der Waals surface area contributed by atoms with Crippen LogP contribution in [0.3, 0.4) is 0 Å². The molecule has 0 bridgehead atoms. The second-order valence-corrected chi connectivity index (χ2v) is 4.78. The predicted octanol–water partition coefficient (Wildman–Crippen LogP) is 2.99. The molecule has 0 aliphatic heterocycles. The minimum Gasteiger partial charge on any atom is -0.377 e. The third-order valence-electron chi connectivity index (χ3n) is 2.35. The molecular weight excluding hydrogens is 229 g/mol. The largest absolute Gasteiger partial charge is 0.377 e. The van der Waals surface area contributed by atoms with Crippen LogP contribution in [-0.4, -0.2) is 19.3 Å². The minimum atomic E-state index is -0.310. The summed E-state index contributed by atoms with van der Waals surface area (Å²) in [5.74, 6) is -0.310. The van der Waals surface area contributed by atoms with Gasteiger partial charge in [0.1, 0.15) is 5.82 Å². The number of nitrogens with one attached hydrogen (secondary N) is 1. The fourth-order valence-electron chi connectivity index (χ4n) is 1.29. The molecule has 0 amide bonds. The van der Waals surface area contributed by atoms with Crippen molar-refractivity contribution in [2.24, 2.45) is 0 Å². The number of hydrogen-bond acceptors (Lipinski definition) is 2. The normalized spacial score (nSPS) is 11.8. The summed E-state index contributed by atoms with van der Waals surface area (Å²) in [4.78, 5) is 0. The number of halogens is 2. The van der Waals surface area contributed by atoms with E-state index in [1.807, 2.05) is 13.8 Å². The Bertz CT molecular complexity index is 335. The van der Waals surface area contributed by atoms with Crippen molar-refractivity contribution in [2.45, 2.75) is 26.0 Å². The Balaban J connectivity index is 2.49. The van der Waals surface area contributed by atoms with E-state index in [0.717, 1.165) is 5.56 Å². The third-order valence-corrected chi connectivity index (χ3v) is 2.57. The van der Waals surface area contributed by atoms with Gasteiger partial charge in [-0.25, -0.2) is 4.39 Å². The number of methoxy groups -OCH3 is 1. The molecule has 0 saturated carbocycles. The first-order valence-corrected chi connectivity index (χ1v) is 5.51. The van der Waals surface area contributed by atoms with E-state index in [1.165, 1.54) is 12.1 Å². The molecule has 16 heavy (non-hydrogen) atoms. The van der Waals surface area contributed by atoms with E-state index in [1.54, 1.807) is 13.2 Å². The molecule has 90 valence electrons. The standard InChI is InChI=1S/C12H17ClFNO/c1-12(2,16-3)8-15-7-9-4-10(13)6-11(14)5-9/h4-6,15H,7-8H2,1-3H3. The Labute approximate surface area is 101 Å². The van der Waals surface area contributed by atoms with Crippen molar-refractivity contribution in [3.05, 3.63) is 34.6 Å². The van der Waals surface area contributed by atoms with Gasteiger partial charge < -0.3 is 10.1 Å². The van der Waals surface area contributed by atoms with E-state index >= 15 is 0 Å². The number of ether oxygens (including phenoxy) is 1. The summed E-state index contributed by atoms with van der Waals surface area (Å²) in [6, 6.07) is 4.51. The van der Waals surface area contributed by atoms with Gasteiger partial charge in [0.15, 0.2) is 0 Å². The van der Waals surface area contributed by atoms with Crippen LogP contribution in [0.2, 0.25) is 5.02 Å². The van der Waals surface area contributed by atoms with Gasteiger partial charge in [-0.2, -0.15) is 0 Å². The molecule has 1 N–H and O–H groups in total. The zero-order valence-electron chi connectivity index (χ0n) is 9.81. The second kappa shape index (κ2) is 5.62. The highest BCUT2D eigenvalue weighted by Gasteiger charge is 2.15. The van der Waals surface area contributed by atoms with E-state index in [9.17, 15) is 4.39 Å². The molecule has 0 radical (unpaired) electrons. The van der Waals surface area contributed by atoms with Gasteiger partial charge in [-0.3, -0.25) is 0 Å². The fraction of sp³-hybridized carbons (Fsp3) is 0.500. The highest BCUT2D eigenvalue weighted by molar-refractivity contribution is 6.30. The molecule has 0 atom stereocenters. The van der Waals surface area contributed by atoms with E-state index in [-0.39, 0.29) is 11.4 Å². The van der Waals surface area contributed by atoms with E-state index < -0.39 is 0 Å². The van der Waals surface area contributed by atoms with Crippen molar-refractivity contribution >= 4 is 11.6 Å². The first kappa shape index (κ1) is 13.4. The fourth-order valence-corrected chi connectivity index (χ4v) is 1.54. The molecule has 0 heterocycles. The molecule has 0 spiro atoms. The lowest BCUT2D eigenvalue weighted by atomic mass is 10.1. The molecule has 2 nitrogen and oxygen atoms in total. The number of hydrogen-bond donors (Lipinski definition) is 1. The van der Waals surface area contributed by atoms with Gasteiger partial charge in [0.25, 0.3) is 0 Å². The summed E-state index contributed by atoms with van der Waals surface area (Å²) >= 11 is 5.75. The summed E-state index contributed by atoms with van der Waals surface area (Å²) in [5, 5.41) is 3.62. The lowest BCUT2D eigenvalue weighted by molar-refractivity contribution is 0.0230. The lowest BCUT2D eigenvalue weighted by Crippen LogP contribution is -2.36. The zero-order valence-corrected chi connectivity index (χ0v) is 10.6. The Morgan fingerprint density at radius 3 is 2.62 bits per heavy atom. The van der Waals surface area contributed by atoms with E-state index in [4.69, 9.17) is 16.3 Å². The van der Waals surface area contributed by atoms with Gasteiger partial charge in [-0.05, 0) is 37.6 Å². The van der Waals surface area contributed by atoms with Crippen molar-refractivity contribution in [2.75, 3.05) is 13.7 Å².